The Hall–Kier alpha value is -1.35. The summed E-state index contributed by atoms with van der Waals surface area (Å²) >= 11 is 3.41. The second kappa shape index (κ2) is 4.03. The van der Waals surface area contributed by atoms with Gasteiger partial charge in [-0.3, -0.25) is 4.79 Å². The number of anilines is 1. The quantitative estimate of drug-likeness (QED) is 0.838. The minimum absolute atomic E-state index is 0.0455. The fourth-order valence-electron chi connectivity index (χ4n) is 1.50. The van der Waals surface area contributed by atoms with E-state index in [0.717, 1.165) is 21.3 Å². The molecular formula is C12H10BrNO. The van der Waals surface area contributed by atoms with Crippen LogP contribution in [0.15, 0.2) is 40.9 Å². The van der Waals surface area contributed by atoms with E-state index in [2.05, 4.69) is 21.2 Å². The Morgan fingerprint density at radius 1 is 1.13 bits per heavy atom. The summed E-state index contributed by atoms with van der Waals surface area (Å²) in [6, 6.07) is 11.9. The number of carbonyl (C=O) groups excluding carboxylic acids is 1. The fraction of sp³-hybridized carbons (Fsp3) is 0.0833. The molecule has 3 heteroatoms. The molecule has 0 aromatic heterocycles. The van der Waals surface area contributed by atoms with Crippen LogP contribution in [0.1, 0.15) is 6.92 Å². The van der Waals surface area contributed by atoms with Crippen LogP contribution in [-0.4, -0.2) is 5.91 Å². The Balaban J connectivity index is 2.44. The first kappa shape index (κ1) is 10.2. The minimum atomic E-state index is -0.0455. The lowest BCUT2D eigenvalue weighted by molar-refractivity contribution is -0.114. The first-order valence-electron chi connectivity index (χ1n) is 4.62. The van der Waals surface area contributed by atoms with Crippen molar-refractivity contribution in [3.05, 3.63) is 40.9 Å². The smallest absolute Gasteiger partial charge is 0.221 e. The number of carbonyl (C=O) groups is 1. The van der Waals surface area contributed by atoms with Gasteiger partial charge in [0.05, 0.1) is 0 Å². The highest BCUT2D eigenvalue weighted by Crippen LogP contribution is 2.29. The number of hydrogen-bond donors (Lipinski definition) is 1. The molecule has 0 saturated carbocycles. The van der Waals surface area contributed by atoms with Crippen LogP contribution in [0.3, 0.4) is 0 Å². The maximum absolute atomic E-state index is 10.9. The van der Waals surface area contributed by atoms with E-state index in [1.807, 2.05) is 36.4 Å². The van der Waals surface area contributed by atoms with Crippen LogP contribution in [-0.2, 0) is 4.79 Å². The van der Waals surface area contributed by atoms with Gasteiger partial charge in [-0.05, 0) is 35.4 Å². The zero-order valence-electron chi connectivity index (χ0n) is 8.25. The zero-order valence-corrected chi connectivity index (χ0v) is 9.84. The molecule has 1 amide bonds. The summed E-state index contributed by atoms with van der Waals surface area (Å²) in [5.74, 6) is -0.0455. The standard InChI is InChI=1S/C12H10BrNO/c1-8(15)14-12-6-9-2-4-11(13)5-3-10(9)7-12/h2-7H,1H3,(H,14,15). The summed E-state index contributed by atoms with van der Waals surface area (Å²) in [7, 11) is 0. The summed E-state index contributed by atoms with van der Waals surface area (Å²) in [4.78, 5) is 10.9. The van der Waals surface area contributed by atoms with Crippen LogP contribution in [0.4, 0.5) is 5.69 Å². The summed E-state index contributed by atoms with van der Waals surface area (Å²) in [6.45, 7) is 1.51. The van der Waals surface area contributed by atoms with Crippen LogP contribution < -0.4 is 5.32 Å². The molecule has 0 aliphatic heterocycles. The van der Waals surface area contributed by atoms with Crippen molar-refractivity contribution in [3.63, 3.8) is 0 Å². The van der Waals surface area contributed by atoms with Crippen molar-refractivity contribution >= 4 is 27.5 Å². The predicted octanol–water partition coefficient (Wildman–Crippen LogP) is 3.51. The van der Waals surface area contributed by atoms with Crippen LogP contribution in [0.2, 0.25) is 0 Å². The molecule has 2 rings (SSSR count). The number of nitrogens with one attached hydrogen (secondary N) is 1. The van der Waals surface area contributed by atoms with Gasteiger partial charge < -0.3 is 5.32 Å². The maximum atomic E-state index is 10.9. The Morgan fingerprint density at radius 2 is 1.67 bits per heavy atom. The van der Waals surface area contributed by atoms with Crippen molar-refractivity contribution in [3.8, 4) is 11.1 Å². The van der Waals surface area contributed by atoms with Gasteiger partial charge in [-0.2, -0.15) is 0 Å². The normalized spacial score (nSPS) is 10.3. The Morgan fingerprint density at radius 3 is 2.13 bits per heavy atom. The van der Waals surface area contributed by atoms with E-state index >= 15 is 0 Å². The molecule has 0 atom stereocenters. The second-order valence-electron chi connectivity index (χ2n) is 3.39. The highest BCUT2D eigenvalue weighted by Gasteiger charge is 2.05. The summed E-state index contributed by atoms with van der Waals surface area (Å²) in [5.41, 5.74) is 3.08. The minimum Gasteiger partial charge on any atom is -0.326 e. The highest BCUT2D eigenvalue weighted by atomic mass is 79.9. The van der Waals surface area contributed by atoms with E-state index in [-0.39, 0.29) is 5.91 Å². The van der Waals surface area contributed by atoms with Crippen LogP contribution >= 0.6 is 15.9 Å². The number of hydrogen-bond acceptors (Lipinski definition) is 1. The van der Waals surface area contributed by atoms with E-state index in [1.165, 1.54) is 6.92 Å². The van der Waals surface area contributed by atoms with E-state index in [0.29, 0.717) is 0 Å². The molecule has 0 unspecified atom stereocenters. The molecule has 0 bridgehead atoms. The molecule has 0 radical (unpaired) electrons. The molecule has 0 heterocycles. The predicted molar refractivity (Wildman–Crippen MR) is 65.1 cm³/mol. The fourth-order valence-corrected chi connectivity index (χ4v) is 1.77. The summed E-state index contributed by atoms with van der Waals surface area (Å²) in [5, 5.41) is 2.77. The van der Waals surface area contributed by atoms with E-state index in [9.17, 15) is 4.79 Å². The van der Waals surface area contributed by atoms with Gasteiger partial charge in [-0.25, -0.2) is 0 Å². The Kier molecular flexibility index (Phi) is 2.73. The lowest BCUT2D eigenvalue weighted by atomic mass is 10.2. The third-order valence-electron chi connectivity index (χ3n) is 2.12. The van der Waals surface area contributed by atoms with Gasteiger partial charge in [0.25, 0.3) is 0 Å². The van der Waals surface area contributed by atoms with Crippen molar-refractivity contribution in [1.82, 2.24) is 0 Å². The van der Waals surface area contributed by atoms with Gasteiger partial charge in [-0.15, -0.1) is 0 Å². The van der Waals surface area contributed by atoms with Crippen LogP contribution in [0.25, 0.3) is 11.1 Å². The van der Waals surface area contributed by atoms with E-state index in [4.69, 9.17) is 0 Å². The molecular weight excluding hydrogens is 254 g/mol. The molecule has 1 N–H and O–H groups in total. The molecule has 2 aliphatic rings. The average Bonchev–Trinajstić information content (AvgIpc) is 2.45. The van der Waals surface area contributed by atoms with Crippen LogP contribution in [0, 0.1) is 0 Å². The first-order chi connectivity index (χ1) is 7.15. The van der Waals surface area contributed by atoms with E-state index in [1.54, 1.807) is 0 Å². The van der Waals surface area contributed by atoms with Gasteiger partial charge in [-0.1, -0.05) is 28.1 Å². The van der Waals surface area contributed by atoms with Gasteiger partial charge in [0.15, 0.2) is 0 Å². The monoisotopic (exact) mass is 263 g/mol. The summed E-state index contributed by atoms with van der Waals surface area (Å²) in [6.07, 6.45) is 0. The average molecular weight is 264 g/mol. The largest absolute Gasteiger partial charge is 0.326 e. The molecule has 0 spiro atoms. The van der Waals surface area contributed by atoms with Crippen molar-refractivity contribution in [2.45, 2.75) is 6.92 Å². The van der Waals surface area contributed by atoms with Gasteiger partial charge in [0.2, 0.25) is 5.91 Å². The molecule has 0 fully saturated rings. The van der Waals surface area contributed by atoms with Gasteiger partial charge >= 0.3 is 0 Å². The number of rotatable bonds is 1. The van der Waals surface area contributed by atoms with Gasteiger partial charge in [0, 0.05) is 17.1 Å². The third-order valence-corrected chi connectivity index (χ3v) is 2.65. The van der Waals surface area contributed by atoms with Crippen molar-refractivity contribution < 1.29 is 4.79 Å². The van der Waals surface area contributed by atoms with Gasteiger partial charge in [0.1, 0.15) is 0 Å². The Labute approximate surface area is 96.8 Å². The van der Waals surface area contributed by atoms with Crippen molar-refractivity contribution in [1.29, 1.82) is 0 Å². The first-order valence-corrected chi connectivity index (χ1v) is 5.41. The topological polar surface area (TPSA) is 29.1 Å². The molecule has 0 saturated heterocycles. The molecule has 2 aliphatic carbocycles. The third kappa shape index (κ3) is 2.36. The molecule has 0 aromatic carbocycles. The lowest BCUT2D eigenvalue weighted by Gasteiger charge is -1.93. The van der Waals surface area contributed by atoms with E-state index < -0.39 is 0 Å². The maximum Gasteiger partial charge on any atom is 0.221 e. The number of fused-ring (bicyclic) bond motifs is 1. The van der Waals surface area contributed by atoms with Crippen molar-refractivity contribution in [2.24, 2.45) is 0 Å². The Bertz CT molecular complexity index is 448. The second-order valence-corrected chi connectivity index (χ2v) is 4.30. The molecule has 0 aromatic rings. The zero-order chi connectivity index (χ0) is 10.8. The molecule has 2 nitrogen and oxygen atoms in total. The summed E-state index contributed by atoms with van der Waals surface area (Å²) < 4.78 is 1.04. The van der Waals surface area contributed by atoms with Crippen molar-refractivity contribution in [2.75, 3.05) is 5.32 Å². The molecule has 76 valence electrons. The SMILES string of the molecule is CC(=O)Nc1cc2ccc(Br)ccc-2c1. The lowest BCUT2D eigenvalue weighted by Crippen LogP contribution is -2.03. The number of amides is 1. The van der Waals surface area contributed by atoms with Crippen LogP contribution in [0.5, 0.6) is 0 Å². The highest BCUT2D eigenvalue weighted by molar-refractivity contribution is 9.10. The molecule has 15 heavy (non-hydrogen) atoms. The number of halogens is 1.